The molecular formula is C35H33N3O3. The highest BCUT2D eigenvalue weighted by atomic mass is 16.5. The van der Waals surface area contributed by atoms with Crippen LogP contribution in [-0.4, -0.2) is 23.9 Å². The number of benzene rings is 4. The molecule has 4 aromatic carbocycles. The van der Waals surface area contributed by atoms with Crippen LogP contribution in [0.2, 0.25) is 0 Å². The van der Waals surface area contributed by atoms with Crippen LogP contribution in [-0.2, 0) is 28.9 Å². The lowest BCUT2D eigenvalue weighted by atomic mass is 9.71. The Morgan fingerprint density at radius 3 is 1.95 bits per heavy atom. The van der Waals surface area contributed by atoms with Crippen molar-refractivity contribution in [3.05, 3.63) is 132 Å². The van der Waals surface area contributed by atoms with Crippen molar-refractivity contribution in [2.45, 2.75) is 26.2 Å². The van der Waals surface area contributed by atoms with Crippen molar-refractivity contribution in [1.82, 2.24) is 4.98 Å². The number of carbonyl (C=O) groups excluding carboxylic acids is 2. The molecule has 2 amide bonds. The predicted octanol–water partition coefficient (Wildman–Crippen LogP) is 6.85. The molecule has 0 bridgehead atoms. The highest BCUT2D eigenvalue weighted by molar-refractivity contribution is 6.02. The van der Waals surface area contributed by atoms with Crippen molar-refractivity contribution >= 4 is 34.1 Å². The third kappa shape index (κ3) is 6.79. The van der Waals surface area contributed by atoms with Crippen molar-refractivity contribution in [3.8, 4) is 5.75 Å². The fourth-order valence-corrected chi connectivity index (χ4v) is 5.31. The summed E-state index contributed by atoms with van der Waals surface area (Å²) in [5.74, 6) is 0.558. The van der Waals surface area contributed by atoms with Gasteiger partial charge < -0.3 is 15.4 Å². The van der Waals surface area contributed by atoms with Gasteiger partial charge in [0.25, 0.3) is 0 Å². The van der Waals surface area contributed by atoms with Gasteiger partial charge >= 0.3 is 0 Å². The molecule has 0 spiro atoms. The molecule has 41 heavy (non-hydrogen) atoms. The zero-order valence-corrected chi connectivity index (χ0v) is 23.3. The van der Waals surface area contributed by atoms with Gasteiger partial charge in [0.2, 0.25) is 11.8 Å². The molecule has 0 saturated heterocycles. The van der Waals surface area contributed by atoms with E-state index in [1.165, 1.54) is 6.92 Å². The lowest BCUT2D eigenvalue weighted by Crippen LogP contribution is -2.42. The fourth-order valence-electron chi connectivity index (χ4n) is 5.31. The number of carbonyl (C=O) groups is 2. The Labute approximate surface area is 240 Å². The first-order valence-corrected chi connectivity index (χ1v) is 13.6. The molecule has 0 saturated carbocycles. The van der Waals surface area contributed by atoms with Gasteiger partial charge in [-0.15, -0.1) is 0 Å². The van der Waals surface area contributed by atoms with Crippen molar-refractivity contribution in [2.75, 3.05) is 17.7 Å². The van der Waals surface area contributed by atoms with Gasteiger partial charge in [-0.05, 0) is 72.4 Å². The van der Waals surface area contributed by atoms with Gasteiger partial charge in [0.15, 0.2) is 0 Å². The van der Waals surface area contributed by atoms with Crippen LogP contribution < -0.4 is 15.4 Å². The summed E-state index contributed by atoms with van der Waals surface area (Å²) in [5, 5.41) is 7.05. The number of aromatic nitrogens is 1. The van der Waals surface area contributed by atoms with Gasteiger partial charge in [-0.1, -0.05) is 72.8 Å². The van der Waals surface area contributed by atoms with Crippen LogP contribution >= 0.6 is 0 Å². The zero-order valence-electron chi connectivity index (χ0n) is 23.3. The number of amides is 2. The molecule has 1 heterocycles. The van der Waals surface area contributed by atoms with Crippen LogP contribution in [0.15, 0.2) is 115 Å². The van der Waals surface area contributed by atoms with Gasteiger partial charge in [-0.2, -0.15) is 0 Å². The molecule has 0 aliphatic rings. The van der Waals surface area contributed by atoms with Crippen LogP contribution in [0.3, 0.4) is 0 Å². The van der Waals surface area contributed by atoms with E-state index in [9.17, 15) is 9.59 Å². The number of nitrogens with zero attached hydrogens (tertiary/aromatic N) is 1. The normalized spacial score (nSPS) is 12.3. The van der Waals surface area contributed by atoms with Gasteiger partial charge in [0.05, 0.1) is 23.7 Å². The standard InChI is InChI=1S/C35H33N3O3/c1-25(39)37-30-17-13-27(14-18-30)23-35(22-26-8-4-3-5-9-26,24-28-15-19-31(41-2)20-16-28)34(40)38-32-12-6-10-29-11-7-21-36-33(29)32/h3-21H,22-24H2,1-2H3,(H,37,39)(H,38,40). The number of ether oxygens (including phenoxy) is 1. The Morgan fingerprint density at radius 2 is 1.32 bits per heavy atom. The van der Waals surface area contributed by atoms with E-state index in [0.717, 1.165) is 39.0 Å². The van der Waals surface area contributed by atoms with Gasteiger partial charge in [-0.3, -0.25) is 14.6 Å². The van der Waals surface area contributed by atoms with Crippen LogP contribution in [0.5, 0.6) is 5.75 Å². The molecule has 0 aliphatic heterocycles. The Morgan fingerprint density at radius 1 is 0.707 bits per heavy atom. The SMILES string of the molecule is COc1ccc(CC(Cc2ccccc2)(Cc2ccc(NC(C)=O)cc2)C(=O)Nc2cccc3cccnc23)cc1. The molecule has 5 rings (SSSR count). The number of para-hydroxylation sites is 1. The van der Waals surface area contributed by atoms with E-state index in [-0.39, 0.29) is 11.8 Å². The molecule has 1 aromatic heterocycles. The fraction of sp³-hybridized carbons (Fsp3) is 0.171. The van der Waals surface area contributed by atoms with Crippen molar-refractivity contribution < 1.29 is 14.3 Å². The molecule has 1 unspecified atom stereocenters. The van der Waals surface area contributed by atoms with Gasteiger partial charge in [0, 0.05) is 24.2 Å². The summed E-state index contributed by atoms with van der Waals surface area (Å²) < 4.78 is 5.38. The summed E-state index contributed by atoms with van der Waals surface area (Å²) in [7, 11) is 1.64. The van der Waals surface area contributed by atoms with E-state index in [0.29, 0.717) is 24.9 Å². The predicted molar refractivity (Wildman–Crippen MR) is 164 cm³/mol. The highest BCUT2D eigenvalue weighted by Gasteiger charge is 2.39. The highest BCUT2D eigenvalue weighted by Crippen LogP contribution is 2.36. The molecule has 0 aliphatic carbocycles. The minimum Gasteiger partial charge on any atom is -0.497 e. The molecule has 0 radical (unpaired) electrons. The van der Waals surface area contributed by atoms with Crippen LogP contribution in [0.4, 0.5) is 11.4 Å². The van der Waals surface area contributed by atoms with E-state index in [1.807, 2.05) is 97.1 Å². The molecule has 0 fully saturated rings. The maximum atomic E-state index is 14.6. The lowest BCUT2D eigenvalue weighted by Gasteiger charge is -2.34. The topological polar surface area (TPSA) is 80.3 Å². The Hall–Kier alpha value is -4.97. The summed E-state index contributed by atoms with van der Waals surface area (Å²) in [6.07, 6.45) is 3.25. The van der Waals surface area contributed by atoms with Gasteiger partial charge in [0.1, 0.15) is 5.75 Å². The first-order chi connectivity index (χ1) is 19.9. The molecule has 2 N–H and O–H groups in total. The second kappa shape index (κ2) is 12.5. The Bertz CT molecular complexity index is 1630. The summed E-state index contributed by atoms with van der Waals surface area (Å²) in [6, 6.07) is 35.4. The van der Waals surface area contributed by atoms with Crippen molar-refractivity contribution in [1.29, 1.82) is 0 Å². The number of anilines is 2. The van der Waals surface area contributed by atoms with E-state index < -0.39 is 5.41 Å². The van der Waals surface area contributed by atoms with E-state index >= 15 is 0 Å². The summed E-state index contributed by atoms with van der Waals surface area (Å²) in [6.45, 7) is 1.49. The van der Waals surface area contributed by atoms with Crippen LogP contribution in [0.25, 0.3) is 10.9 Å². The number of fused-ring (bicyclic) bond motifs is 1. The second-order valence-corrected chi connectivity index (χ2v) is 10.4. The number of methoxy groups -OCH3 is 1. The molecule has 6 nitrogen and oxygen atoms in total. The van der Waals surface area contributed by atoms with Crippen molar-refractivity contribution in [2.24, 2.45) is 5.41 Å². The van der Waals surface area contributed by atoms with Crippen LogP contribution in [0, 0.1) is 5.41 Å². The third-order valence-electron chi connectivity index (χ3n) is 7.27. The molecule has 6 heteroatoms. The summed E-state index contributed by atoms with van der Waals surface area (Å²) in [5.41, 5.74) is 4.40. The van der Waals surface area contributed by atoms with Crippen molar-refractivity contribution in [3.63, 3.8) is 0 Å². The quantitative estimate of drug-likeness (QED) is 0.202. The average Bonchev–Trinajstić information content (AvgIpc) is 2.99. The van der Waals surface area contributed by atoms with Crippen LogP contribution in [0.1, 0.15) is 23.6 Å². The Balaban J connectivity index is 1.58. The molecule has 1 atom stereocenters. The van der Waals surface area contributed by atoms with E-state index in [2.05, 4.69) is 27.8 Å². The number of rotatable bonds is 10. The monoisotopic (exact) mass is 543 g/mol. The maximum Gasteiger partial charge on any atom is 0.231 e. The molecule has 206 valence electrons. The molecule has 5 aromatic rings. The summed E-state index contributed by atoms with van der Waals surface area (Å²) in [4.78, 5) is 30.7. The number of hydrogen-bond acceptors (Lipinski definition) is 4. The zero-order chi connectivity index (χ0) is 28.7. The third-order valence-corrected chi connectivity index (χ3v) is 7.27. The second-order valence-electron chi connectivity index (χ2n) is 10.4. The first kappa shape index (κ1) is 27.6. The molecular weight excluding hydrogens is 510 g/mol. The number of nitrogens with one attached hydrogen (secondary N) is 2. The minimum atomic E-state index is -0.845. The Kier molecular flexibility index (Phi) is 8.39. The van der Waals surface area contributed by atoms with E-state index in [4.69, 9.17) is 4.74 Å². The van der Waals surface area contributed by atoms with E-state index in [1.54, 1.807) is 13.3 Å². The smallest absolute Gasteiger partial charge is 0.231 e. The first-order valence-electron chi connectivity index (χ1n) is 13.6. The number of hydrogen-bond donors (Lipinski definition) is 2. The maximum absolute atomic E-state index is 14.6. The minimum absolute atomic E-state index is 0.0822. The van der Waals surface area contributed by atoms with Gasteiger partial charge in [-0.25, -0.2) is 0 Å². The average molecular weight is 544 g/mol. The largest absolute Gasteiger partial charge is 0.497 e. The lowest BCUT2D eigenvalue weighted by molar-refractivity contribution is -0.125. The summed E-state index contributed by atoms with van der Waals surface area (Å²) >= 11 is 0. The number of pyridine rings is 1.